The summed E-state index contributed by atoms with van der Waals surface area (Å²) >= 11 is 0. The summed E-state index contributed by atoms with van der Waals surface area (Å²) in [5, 5.41) is 13.9. The maximum absolute atomic E-state index is 13.3. The van der Waals surface area contributed by atoms with Gasteiger partial charge in [0.05, 0.1) is 55.4 Å². The van der Waals surface area contributed by atoms with Crippen molar-refractivity contribution in [3.05, 3.63) is 83.4 Å². The molecule has 0 bridgehead atoms. The summed E-state index contributed by atoms with van der Waals surface area (Å²) in [6.45, 7) is 1.79. The lowest BCUT2D eigenvalue weighted by molar-refractivity contribution is 0.0956. The number of fused-ring (bicyclic) bond motifs is 1. The first-order valence-electron chi connectivity index (χ1n) is 11.0. The van der Waals surface area contributed by atoms with Crippen molar-refractivity contribution in [1.29, 1.82) is 5.26 Å². The lowest BCUT2D eigenvalue weighted by Crippen LogP contribution is -2.20. The van der Waals surface area contributed by atoms with Crippen molar-refractivity contribution < 1.29 is 19.0 Å². The Morgan fingerprint density at radius 2 is 1.61 bits per heavy atom. The molecule has 1 heterocycles. The van der Waals surface area contributed by atoms with Crippen molar-refractivity contribution in [2.45, 2.75) is 6.92 Å². The Balaban J connectivity index is 1.74. The van der Waals surface area contributed by atoms with Crippen LogP contribution in [0.2, 0.25) is 0 Å². The molecule has 8 nitrogen and oxygen atoms in total. The number of hydrogen-bond acceptors (Lipinski definition) is 7. The molecule has 0 fully saturated rings. The standard InChI is InChI=1S/C28H24N4O4/c1-17(19-11-9-18(16-29)10-12-19)31-32-28(33)22-15-24(30-23-8-6-5-7-21(22)23)20-13-25(34-2)27(36-4)26(14-20)35-3/h5-15H,1-4H3,(H,32,33)/b31-17+. The average molecular weight is 481 g/mol. The van der Waals surface area contributed by atoms with Gasteiger partial charge in [0.15, 0.2) is 11.5 Å². The van der Waals surface area contributed by atoms with Gasteiger partial charge in [0.1, 0.15) is 0 Å². The van der Waals surface area contributed by atoms with Crippen LogP contribution in [-0.4, -0.2) is 37.9 Å². The molecule has 0 saturated heterocycles. The van der Waals surface area contributed by atoms with Crippen LogP contribution >= 0.6 is 0 Å². The van der Waals surface area contributed by atoms with Gasteiger partial charge in [-0.05, 0) is 48.9 Å². The molecule has 4 rings (SSSR count). The highest BCUT2D eigenvalue weighted by molar-refractivity contribution is 6.08. The van der Waals surface area contributed by atoms with E-state index in [1.165, 1.54) is 7.11 Å². The van der Waals surface area contributed by atoms with E-state index in [2.05, 4.69) is 16.6 Å². The monoisotopic (exact) mass is 480 g/mol. The third kappa shape index (κ3) is 4.81. The van der Waals surface area contributed by atoms with Crippen LogP contribution < -0.4 is 19.6 Å². The normalized spacial score (nSPS) is 11.0. The maximum Gasteiger partial charge on any atom is 0.272 e. The Kier molecular flexibility index (Phi) is 7.12. The average Bonchev–Trinajstić information content (AvgIpc) is 2.94. The molecule has 0 aliphatic carbocycles. The third-order valence-electron chi connectivity index (χ3n) is 5.68. The van der Waals surface area contributed by atoms with Crippen molar-refractivity contribution in [3.8, 4) is 34.6 Å². The largest absolute Gasteiger partial charge is 0.493 e. The van der Waals surface area contributed by atoms with E-state index >= 15 is 0 Å². The quantitative estimate of drug-likeness (QED) is 0.296. The number of pyridine rings is 1. The first kappa shape index (κ1) is 24.2. The van der Waals surface area contributed by atoms with Gasteiger partial charge >= 0.3 is 0 Å². The van der Waals surface area contributed by atoms with E-state index in [0.29, 0.717) is 56.2 Å². The van der Waals surface area contributed by atoms with E-state index in [0.717, 1.165) is 5.56 Å². The van der Waals surface area contributed by atoms with E-state index in [9.17, 15) is 4.79 Å². The molecule has 36 heavy (non-hydrogen) atoms. The fourth-order valence-corrected chi connectivity index (χ4v) is 3.79. The molecule has 1 aromatic heterocycles. The van der Waals surface area contributed by atoms with E-state index in [1.54, 1.807) is 63.6 Å². The number of para-hydroxylation sites is 1. The van der Waals surface area contributed by atoms with Gasteiger partial charge in [0, 0.05) is 10.9 Å². The minimum Gasteiger partial charge on any atom is -0.493 e. The van der Waals surface area contributed by atoms with Gasteiger partial charge in [-0.3, -0.25) is 4.79 Å². The molecule has 0 saturated carbocycles. The number of ether oxygens (including phenoxy) is 3. The molecule has 1 amide bonds. The topological polar surface area (TPSA) is 106 Å². The summed E-state index contributed by atoms with van der Waals surface area (Å²) < 4.78 is 16.4. The minimum atomic E-state index is -0.379. The van der Waals surface area contributed by atoms with Crippen LogP contribution in [0, 0.1) is 11.3 Å². The summed E-state index contributed by atoms with van der Waals surface area (Å²) in [7, 11) is 4.63. The number of hydrazone groups is 1. The molecule has 4 aromatic rings. The van der Waals surface area contributed by atoms with Gasteiger partial charge in [-0.1, -0.05) is 30.3 Å². The minimum absolute atomic E-state index is 0.379. The molecule has 0 aliphatic rings. The van der Waals surface area contributed by atoms with E-state index in [-0.39, 0.29) is 5.91 Å². The van der Waals surface area contributed by atoms with Crippen LogP contribution in [0.1, 0.15) is 28.4 Å². The molecule has 0 atom stereocenters. The number of methoxy groups -OCH3 is 3. The number of nitriles is 1. The molecular weight excluding hydrogens is 456 g/mol. The summed E-state index contributed by atoms with van der Waals surface area (Å²) in [6.07, 6.45) is 0. The first-order chi connectivity index (χ1) is 17.5. The van der Waals surface area contributed by atoms with Gasteiger partial charge in [-0.2, -0.15) is 10.4 Å². The Hall–Kier alpha value is -4.90. The molecule has 0 aliphatic heterocycles. The lowest BCUT2D eigenvalue weighted by atomic mass is 10.0. The SMILES string of the molecule is COc1cc(-c2cc(C(=O)N/N=C(\C)c3ccc(C#N)cc3)c3ccccc3n2)cc(OC)c1OC. The summed E-state index contributed by atoms with van der Waals surface area (Å²) in [5.41, 5.74) is 6.93. The third-order valence-corrected chi connectivity index (χ3v) is 5.68. The van der Waals surface area contributed by atoms with Crippen LogP contribution in [-0.2, 0) is 0 Å². The Labute approximate surface area is 208 Å². The second kappa shape index (κ2) is 10.6. The number of aromatic nitrogens is 1. The zero-order valence-corrected chi connectivity index (χ0v) is 20.3. The van der Waals surface area contributed by atoms with E-state index in [1.807, 2.05) is 24.3 Å². The van der Waals surface area contributed by atoms with Crippen molar-refractivity contribution in [2.24, 2.45) is 5.10 Å². The van der Waals surface area contributed by atoms with E-state index < -0.39 is 0 Å². The number of hydrogen-bond donors (Lipinski definition) is 1. The highest BCUT2D eigenvalue weighted by Gasteiger charge is 2.18. The fourth-order valence-electron chi connectivity index (χ4n) is 3.79. The number of rotatable bonds is 7. The zero-order chi connectivity index (χ0) is 25.7. The predicted molar refractivity (Wildman–Crippen MR) is 138 cm³/mol. The van der Waals surface area contributed by atoms with Crippen LogP contribution in [0.4, 0.5) is 0 Å². The van der Waals surface area contributed by atoms with Crippen molar-refractivity contribution >= 4 is 22.5 Å². The highest BCUT2D eigenvalue weighted by atomic mass is 16.5. The first-order valence-corrected chi connectivity index (χ1v) is 11.0. The van der Waals surface area contributed by atoms with Gasteiger partial charge in [0.25, 0.3) is 5.91 Å². The van der Waals surface area contributed by atoms with Gasteiger partial charge < -0.3 is 14.2 Å². The predicted octanol–water partition coefficient (Wildman–Crippen LogP) is 4.95. The molecule has 3 aromatic carbocycles. The zero-order valence-electron chi connectivity index (χ0n) is 20.3. The van der Waals surface area contributed by atoms with Crippen molar-refractivity contribution in [2.75, 3.05) is 21.3 Å². The number of carbonyl (C=O) groups excluding carboxylic acids is 1. The molecule has 1 N–H and O–H groups in total. The molecule has 8 heteroatoms. The van der Waals surface area contributed by atoms with Gasteiger partial charge in [0.2, 0.25) is 5.75 Å². The maximum atomic E-state index is 13.3. The van der Waals surface area contributed by atoms with Crippen LogP contribution in [0.3, 0.4) is 0 Å². The summed E-state index contributed by atoms with van der Waals surface area (Å²) in [6, 6.07) is 21.8. The summed E-state index contributed by atoms with van der Waals surface area (Å²) in [5.74, 6) is 1.05. The van der Waals surface area contributed by atoms with Gasteiger partial charge in [-0.15, -0.1) is 0 Å². The molecule has 180 valence electrons. The van der Waals surface area contributed by atoms with Crippen molar-refractivity contribution in [3.63, 3.8) is 0 Å². The molecule has 0 radical (unpaired) electrons. The number of nitrogens with zero attached hydrogens (tertiary/aromatic N) is 3. The van der Waals surface area contributed by atoms with Crippen molar-refractivity contribution in [1.82, 2.24) is 10.4 Å². The number of carbonyl (C=O) groups is 1. The fraction of sp³-hybridized carbons (Fsp3) is 0.143. The molecule has 0 spiro atoms. The second-order valence-electron chi connectivity index (χ2n) is 7.81. The second-order valence-corrected chi connectivity index (χ2v) is 7.81. The number of nitrogens with one attached hydrogen (secondary N) is 1. The number of benzene rings is 3. The summed E-state index contributed by atoms with van der Waals surface area (Å²) in [4.78, 5) is 18.0. The highest BCUT2D eigenvalue weighted by Crippen LogP contribution is 2.41. The van der Waals surface area contributed by atoms with Gasteiger partial charge in [-0.25, -0.2) is 10.4 Å². The Morgan fingerprint density at radius 3 is 2.22 bits per heavy atom. The van der Waals surface area contributed by atoms with E-state index in [4.69, 9.17) is 24.5 Å². The molecular formula is C28H24N4O4. The Bertz CT molecular complexity index is 1480. The van der Waals surface area contributed by atoms with Crippen LogP contribution in [0.5, 0.6) is 17.2 Å². The Morgan fingerprint density at radius 1 is 0.944 bits per heavy atom. The van der Waals surface area contributed by atoms with Crippen LogP contribution in [0.15, 0.2) is 71.8 Å². The number of amides is 1. The lowest BCUT2D eigenvalue weighted by Gasteiger charge is -2.15. The van der Waals surface area contributed by atoms with Crippen LogP contribution in [0.25, 0.3) is 22.2 Å². The molecule has 0 unspecified atom stereocenters. The smallest absolute Gasteiger partial charge is 0.272 e.